The second-order valence-corrected chi connectivity index (χ2v) is 7.37. The standard InChI is InChI=1S/C20H19N5O2S/c1-13-7-3-5-9-16(13)25-20(22-23-24-25)28-12-19(26)21-14(2)18-11-15-8-4-6-10-17(15)27-18/h3-11,14H,12H2,1-2H3,(H,21,26)/t14-/m0/s1. The normalized spacial score (nSPS) is 12.2. The van der Waals surface area contributed by atoms with E-state index in [1.165, 1.54) is 11.8 Å². The summed E-state index contributed by atoms with van der Waals surface area (Å²) >= 11 is 1.29. The zero-order valence-electron chi connectivity index (χ0n) is 15.5. The molecule has 0 aliphatic carbocycles. The Hall–Kier alpha value is -3.13. The Labute approximate surface area is 166 Å². The maximum absolute atomic E-state index is 12.4. The number of nitrogens with one attached hydrogen (secondary N) is 1. The first-order valence-corrected chi connectivity index (χ1v) is 9.85. The van der Waals surface area contributed by atoms with Crippen LogP contribution in [-0.4, -0.2) is 31.9 Å². The second-order valence-electron chi connectivity index (χ2n) is 6.42. The number of carbonyl (C=O) groups is 1. The number of fused-ring (bicyclic) bond motifs is 1. The van der Waals surface area contributed by atoms with Crippen molar-refractivity contribution in [3.05, 3.63) is 65.9 Å². The number of hydrogen-bond donors (Lipinski definition) is 1. The van der Waals surface area contributed by atoms with E-state index in [1.54, 1.807) is 4.68 Å². The molecule has 0 saturated heterocycles. The molecular formula is C20H19N5O2S. The van der Waals surface area contributed by atoms with Gasteiger partial charge in [0.05, 0.1) is 17.5 Å². The number of benzene rings is 2. The first-order chi connectivity index (χ1) is 13.6. The Morgan fingerprint density at radius 3 is 2.82 bits per heavy atom. The van der Waals surface area contributed by atoms with Gasteiger partial charge in [0, 0.05) is 5.39 Å². The molecule has 4 aromatic rings. The Balaban J connectivity index is 1.40. The number of hydrogen-bond acceptors (Lipinski definition) is 6. The quantitative estimate of drug-likeness (QED) is 0.503. The van der Waals surface area contributed by atoms with Gasteiger partial charge in [-0.2, -0.15) is 4.68 Å². The Bertz CT molecular complexity index is 1090. The summed E-state index contributed by atoms with van der Waals surface area (Å²) in [5.41, 5.74) is 2.76. The number of rotatable bonds is 6. The molecule has 4 rings (SSSR count). The molecule has 142 valence electrons. The number of aromatic nitrogens is 4. The summed E-state index contributed by atoms with van der Waals surface area (Å²) in [5, 5.41) is 16.4. The van der Waals surface area contributed by atoms with Gasteiger partial charge in [-0.3, -0.25) is 4.79 Å². The van der Waals surface area contributed by atoms with Crippen LogP contribution in [0.1, 0.15) is 24.3 Å². The van der Waals surface area contributed by atoms with Crippen molar-refractivity contribution in [1.82, 2.24) is 25.5 Å². The number of amides is 1. The molecule has 28 heavy (non-hydrogen) atoms. The summed E-state index contributed by atoms with van der Waals surface area (Å²) in [4.78, 5) is 12.4. The van der Waals surface area contributed by atoms with Crippen LogP contribution in [0.2, 0.25) is 0 Å². The molecule has 0 spiro atoms. The highest BCUT2D eigenvalue weighted by atomic mass is 32.2. The first kappa shape index (κ1) is 18.2. The smallest absolute Gasteiger partial charge is 0.231 e. The molecule has 0 unspecified atom stereocenters. The van der Waals surface area contributed by atoms with E-state index < -0.39 is 0 Å². The van der Waals surface area contributed by atoms with Crippen LogP contribution < -0.4 is 5.32 Å². The molecule has 0 radical (unpaired) electrons. The molecule has 2 heterocycles. The highest BCUT2D eigenvalue weighted by Gasteiger charge is 2.16. The highest BCUT2D eigenvalue weighted by molar-refractivity contribution is 7.99. The van der Waals surface area contributed by atoms with Crippen molar-refractivity contribution in [1.29, 1.82) is 0 Å². The second kappa shape index (κ2) is 7.85. The SMILES string of the molecule is Cc1ccccc1-n1nnnc1SCC(=O)N[C@@H](C)c1cc2ccccc2o1. The van der Waals surface area contributed by atoms with Crippen molar-refractivity contribution in [2.75, 3.05) is 5.75 Å². The predicted molar refractivity (Wildman–Crippen MR) is 107 cm³/mol. The van der Waals surface area contributed by atoms with E-state index in [0.717, 1.165) is 28.0 Å². The Morgan fingerprint density at radius 2 is 2.00 bits per heavy atom. The zero-order chi connectivity index (χ0) is 19.5. The molecule has 0 saturated carbocycles. The largest absolute Gasteiger partial charge is 0.459 e. The number of nitrogens with zero attached hydrogens (tertiary/aromatic N) is 4. The molecule has 0 aliphatic heterocycles. The fourth-order valence-electron chi connectivity index (χ4n) is 2.92. The van der Waals surface area contributed by atoms with E-state index in [4.69, 9.17) is 4.42 Å². The van der Waals surface area contributed by atoms with Crippen LogP contribution >= 0.6 is 11.8 Å². The number of thioether (sulfide) groups is 1. The molecule has 1 atom stereocenters. The summed E-state index contributed by atoms with van der Waals surface area (Å²) in [6.45, 7) is 3.89. The van der Waals surface area contributed by atoms with Gasteiger partial charge in [-0.05, 0) is 48.0 Å². The molecule has 0 aliphatic rings. The van der Waals surface area contributed by atoms with Crippen LogP contribution in [0.5, 0.6) is 0 Å². The van der Waals surface area contributed by atoms with Crippen LogP contribution in [0.25, 0.3) is 16.7 Å². The van der Waals surface area contributed by atoms with Gasteiger partial charge in [0.25, 0.3) is 0 Å². The van der Waals surface area contributed by atoms with Gasteiger partial charge in [-0.15, -0.1) is 5.10 Å². The van der Waals surface area contributed by atoms with Crippen molar-refractivity contribution in [3.8, 4) is 5.69 Å². The number of furan rings is 1. The van der Waals surface area contributed by atoms with Crippen LogP contribution in [0.15, 0.2) is 64.2 Å². The molecular weight excluding hydrogens is 374 g/mol. The van der Waals surface area contributed by atoms with Crippen LogP contribution in [-0.2, 0) is 4.79 Å². The molecule has 2 aromatic carbocycles. The minimum absolute atomic E-state index is 0.114. The van der Waals surface area contributed by atoms with Gasteiger partial charge >= 0.3 is 0 Å². The van der Waals surface area contributed by atoms with Crippen molar-refractivity contribution in [3.63, 3.8) is 0 Å². The van der Waals surface area contributed by atoms with Crippen molar-refractivity contribution < 1.29 is 9.21 Å². The van der Waals surface area contributed by atoms with E-state index >= 15 is 0 Å². The maximum atomic E-state index is 12.4. The van der Waals surface area contributed by atoms with Crippen LogP contribution in [0, 0.1) is 6.92 Å². The van der Waals surface area contributed by atoms with Gasteiger partial charge in [0.15, 0.2) is 0 Å². The number of tetrazole rings is 1. The third kappa shape index (κ3) is 3.77. The lowest BCUT2D eigenvalue weighted by atomic mass is 10.2. The molecule has 2 aromatic heterocycles. The van der Waals surface area contributed by atoms with E-state index in [2.05, 4.69) is 20.8 Å². The third-order valence-electron chi connectivity index (χ3n) is 4.37. The third-order valence-corrected chi connectivity index (χ3v) is 5.29. The van der Waals surface area contributed by atoms with Gasteiger partial charge < -0.3 is 9.73 Å². The van der Waals surface area contributed by atoms with E-state index in [1.807, 2.05) is 68.4 Å². The molecule has 1 N–H and O–H groups in total. The topological polar surface area (TPSA) is 85.8 Å². The number of carbonyl (C=O) groups excluding carboxylic acids is 1. The molecule has 7 nitrogen and oxygen atoms in total. The molecule has 0 fully saturated rings. The minimum atomic E-state index is -0.229. The average Bonchev–Trinajstić information content (AvgIpc) is 3.33. The van der Waals surface area contributed by atoms with E-state index in [9.17, 15) is 4.79 Å². The molecule has 0 bridgehead atoms. The summed E-state index contributed by atoms with van der Waals surface area (Å²) in [6, 6.07) is 17.3. The fraction of sp³-hybridized carbons (Fsp3) is 0.200. The Kier molecular flexibility index (Phi) is 5.12. The summed E-state index contributed by atoms with van der Waals surface area (Å²) < 4.78 is 7.46. The number of aryl methyl sites for hydroxylation is 1. The zero-order valence-corrected chi connectivity index (χ0v) is 16.3. The van der Waals surface area contributed by atoms with Crippen molar-refractivity contribution in [2.45, 2.75) is 25.0 Å². The van der Waals surface area contributed by atoms with Gasteiger partial charge in [0.1, 0.15) is 11.3 Å². The first-order valence-electron chi connectivity index (χ1n) is 8.87. The fourth-order valence-corrected chi connectivity index (χ4v) is 3.62. The van der Waals surface area contributed by atoms with Crippen molar-refractivity contribution >= 4 is 28.6 Å². The molecule has 1 amide bonds. The monoisotopic (exact) mass is 393 g/mol. The van der Waals surface area contributed by atoms with Gasteiger partial charge in [-0.25, -0.2) is 0 Å². The maximum Gasteiger partial charge on any atom is 0.231 e. The van der Waals surface area contributed by atoms with Crippen LogP contribution in [0.3, 0.4) is 0 Å². The van der Waals surface area contributed by atoms with E-state index in [-0.39, 0.29) is 17.7 Å². The van der Waals surface area contributed by atoms with Gasteiger partial charge in [0.2, 0.25) is 11.1 Å². The Morgan fingerprint density at radius 1 is 1.21 bits per heavy atom. The summed E-state index contributed by atoms with van der Waals surface area (Å²) in [5.74, 6) is 0.818. The lowest BCUT2D eigenvalue weighted by Gasteiger charge is -2.11. The molecule has 8 heteroatoms. The van der Waals surface area contributed by atoms with Gasteiger partial charge in [-0.1, -0.05) is 48.2 Å². The van der Waals surface area contributed by atoms with Crippen molar-refractivity contribution in [2.24, 2.45) is 0 Å². The minimum Gasteiger partial charge on any atom is -0.459 e. The highest BCUT2D eigenvalue weighted by Crippen LogP contribution is 2.24. The van der Waals surface area contributed by atoms with E-state index in [0.29, 0.717) is 5.16 Å². The predicted octanol–water partition coefficient (Wildman–Crippen LogP) is 3.69. The summed E-state index contributed by atoms with van der Waals surface area (Å²) in [6.07, 6.45) is 0. The summed E-state index contributed by atoms with van der Waals surface area (Å²) in [7, 11) is 0. The lowest BCUT2D eigenvalue weighted by molar-refractivity contribution is -0.119. The van der Waals surface area contributed by atoms with Crippen LogP contribution in [0.4, 0.5) is 0 Å². The number of para-hydroxylation sites is 2. The lowest BCUT2D eigenvalue weighted by Crippen LogP contribution is -2.28. The average molecular weight is 393 g/mol.